The number of nitrogens with zero attached hydrogens (tertiary/aromatic N) is 6. The number of imidazole rings is 1. The Bertz CT molecular complexity index is 2010. The van der Waals surface area contributed by atoms with Crippen molar-refractivity contribution in [3.63, 3.8) is 0 Å². The largest absolute Gasteiger partial charge is 0.497 e. The smallest absolute Gasteiger partial charge is 0.280 e. The van der Waals surface area contributed by atoms with E-state index in [0.717, 1.165) is 16.7 Å². The van der Waals surface area contributed by atoms with Gasteiger partial charge in [0.1, 0.15) is 23.2 Å². The van der Waals surface area contributed by atoms with Crippen LogP contribution in [-0.2, 0) is 19.9 Å². The van der Waals surface area contributed by atoms with Crippen molar-refractivity contribution in [2.75, 3.05) is 26.1 Å². The minimum absolute atomic E-state index is 0.0366. The summed E-state index contributed by atoms with van der Waals surface area (Å²) in [6.45, 7) is 3.25. The summed E-state index contributed by atoms with van der Waals surface area (Å²) >= 11 is 0. The molecule has 0 saturated carbocycles. The van der Waals surface area contributed by atoms with Gasteiger partial charge in [0.05, 0.1) is 39.3 Å². The van der Waals surface area contributed by atoms with E-state index in [0.29, 0.717) is 11.5 Å². The zero-order valence-electron chi connectivity index (χ0n) is 27.8. The number of aromatic nitrogens is 4. The Kier molecular flexibility index (Phi) is 9.83. The van der Waals surface area contributed by atoms with E-state index in [1.807, 2.05) is 78.9 Å². The molecule has 0 bridgehead atoms. The number of H-pyrrole nitrogens is 1. The van der Waals surface area contributed by atoms with E-state index in [1.165, 1.54) is 10.9 Å². The van der Waals surface area contributed by atoms with E-state index in [1.54, 1.807) is 28.1 Å². The maximum absolute atomic E-state index is 12.9. The van der Waals surface area contributed by atoms with Crippen molar-refractivity contribution in [2.45, 2.75) is 43.9 Å². The molecule has 3 N–H and O–H groups in total. The molecule has 1 saturated heterocycles. The van der Waals surface area contributed by atoms with Crippen LogP contribution in [0.3, 0.4) is 0 Å². The molecule has 1 fully saturated rings. The summed E-state index contributed by atoms with van der Waals surface area (Å²) in [7, 11) is 3.18. The van der Waals surface area contributed by atoms with Crippen molar-refractivity contribution in [1.29, 1.82) is 0 Å². The number of hydrogen-bond acceptors (Lipinski definition) is 10. The van der Waals surface area contributed by atoms with Crippen LogP contribution in [0.5, 0.6) is 11.5 Å². The molecule has 1 unspecified atom stereocenters. The summed E-state index contributed by atoms with van der Waals surface area (Å²) in [6.07, 6.45) is -2.24. The van der Waals surface area contributed by atoms with Crippen LogP contribution in [0, 0.1) is 5.92 Å². The third-order valence-corrected chi connectivity index (χ3v) is 8.63. The van der Waals surface area contributed by atoms with E-state index in [-0.39, 0.29) is 35.5 Å². The first-order valence-corrected chi connectivity index (χ1v) is 15.8. The van der Waals surface area contributed by atoms with Gasteiger partial charge in [-0.25, -0.2) is 4.98 Å². The number of carbonyl (C=O) groups excluding carboxylic acids is 1. The van der Waals surface area contributed by atoms with Crippen LogP contribution in [0.4, 0.5) is 5.95 Å². The van der Waals surface area contributed by atoms with Crippen molar-refractivity contribution < 1.29 is 28.8 Å². The highest BCUT2D eigenvalue weighted by atomic mass is 16.6. The molecule has 258 valence electrons. The highest BCUT2D eigenvalue weighted by Gasteiger charge is 2.47. The highest BCUT2D eigenvalue weighted by molar-refractivity contribution is 5.91. The molecule has 5 aromatic rings. The summed E-state index contributed by atoms with van der Waals surface area (Å²) in [4.78, 5) is 39.3. The van der Waals surface area contributed by atoms with E-state index >= 15 is 0 Å². The summed E-state index contributed by atoms with van der Waals surface area (Å²) < 4.78 is 25.6. The predicted octanol–water partition coefficient (Wildman–Crippen LogP) is 4.68. The van der Waals surface area contributed by atoms with Crippen LogP contribution in [0.2, 0.25) is 0 Å². The number of amides is 1. The monoisotopic (exact) mass is 680 g/mol. The fourth-order valence-corrected chi connectivity index (χ4v) is 6.01. The Morgan fingerprint density at radius 3 is 2.20 bits per heavy atom. The molecule has 0 spiro atoms. The quantitative estimate of drug-likeness (QED) is 0.0725. The van der Waals surface area contributed by atoms with Crippen LogP contribution in [0.15, 0.2) is 95.1 Å². The molecular formula is C35H36N8O7. The summed E-state index contributed by atoms with van der Waals surface area (Å²) in [5.41, 5.74) is 10.1. The maximum atomic E-state index is 12.9. The number of benzene rings is 3. The van der Waals surface area contributed by atoms with Gasteiger partial charge >= 0.3 is 0 Å². The third kappa shape index (κ3) is 6.37. The molecule has 1 aliphatic rings. The second-order valence-electron chi connectivity index (χ2n) is 11.9. The lowest BCUT2D eigenvalue weighted by Crippen LogP contribution is -2.39. The van der Waals surface area contributed by atoms with E-state index in [9.17, 15) is 20.2 Å². The van der Waals surface area contributed by atoms with E-state index in [4.69, 9.17) is 18.9 Å². The molecule has 3 aromatic carbocycles. The van der Waals surface area contributed by atoms with Crippen molar-refractivity contribution in [1.82, 2.24) is 19.5 Å². The van der Waals surface area contributed by atoms with Crippen molar-refractivity contribution in [3.8, 4) is 11.5 Å². The van der Waals surface area contributed by atoms with Gasteiger partial charge in [-0.3, -0.25) is 24.5 Å². The number of methoxy groups -OCH3 is 2. The molecule has 0 aliphatic carbocycles. The zero-order valence-corrected chi connectivity index (χ0v) is 27.8. The van der Waals surface area contributed by atoms with Gasteiger partial charge < -0.3 is 24.1 Å². The summed E-state index contributed by atoms with van der Waals surface area (Å²) in [5, 5.41) is 18.0. The normalized spacial score (nSPS) is 18.9. The van der Waals surface area contributed by atoms with Gasteiger partial charge in [0.15, 0.2) is 17.4 Å². The lowest BCUT2D eigenvalue weighted by Gasteiger charge is -2.37. The van der Waals surface area contributed by atoms with E-state index in [2.05, 4.69) is 30.3 Å². The number of aromatic amines is 1. The number of fused-ring (bicyclic) bond motifs is 1. The standard InChI is InChI=1S/C35H36N8O7/c1-20(2)31(45)39-34-38-30-28(32(46)40-34)37-19-43(30)33-29(44)27(41-42-36)26(50-33)18-49-35(21-8-6-5-7-9-21,22-10-14-24(47-3)15-11-22)23-12-16-25(48-4)17-13-23/h5-17,19-20,26-27,29,33,44H,18H2,1-4H3,(H2,38,39,40,45,46)/t26-,27-,29-,33?/m1/s1. The maximum Gasteiger partial charge on any atom is 0.280 e. The number of hydrogen-bond donors (Lipinski definition) is 3. The van der Waals surface area contributed by atoms with Gasteiger partial charge in [0.2, 0.25) is 11.9 Å². The van der Waals surface area contributed by atoms with Gasteiger partial charge in [0.25, 0.3) is 5.56 Å². The number of aliphatic hydroxyl groups is 1. The van der Waals surface area contributed by atoms with Crippen LogP contribution in [0.1, 0.15) is 36.8 Å². The number of aliphatic hydroxyl groups excluding tert-OH is 1. The number of carbonyl (C=O) groups is 1. The Balaban J connectivity index is 1.40. The number of ether oxygens (including phenoxy) is 4. The fourth-order valence-electron chi connectivity index (χ4n) is 6.01. The van der Waals surface area contributed by atoms with Gasteiger partial charge in [-0.15, -0.1) is 0 Å². The zero-order chi connectivity index (χ0) is 35.4. The first-order valence-electron chi connectivity index (χ1n) is 15.8. The Morgan fingerprint density at radius 2 is 1.64 bits per heavy atom. The highest BCUT2D eigenvalue weighted by Crippen LogP contribution is 2.43. The topological polar surface area (TPSA) is 199 Å². The number of azide groups is 1. The van der Waals surface area contributed by atoms with Crippen molar-refractivity contribution in [2.24, 2.45) is 11.0 Å². The lowest BCUT2D eigenvalue weighted by atomic mass is 9.80. The predicted molar refractivity (Wildman–Crippen MR) is 183 cm³/mol. The lowest BCUT2D eigenvalue weighted by molar-refractivity contribution is -0.118. The molecular weight excluding hydrogens is 644 g/mol. The Hall–Kier alpha value is -5.73. The van der Waals surface area contributed by atoms with Crippen molar-refractivity contribution in [3.05, 3.63) is 123 Å². The van der Waals surface area contributed by atoms with Gasteiger partial charge in [-0.1, -0.05) is 73.6 Å². The minimum atomic E-state index is -1.39. The molecule has 1 amide bonds. The van der Waals surface area contributed by atoms with Crippen LogP contribution < -0.4 is 20.3 Å². The minimum Gasteiger partial charge on any atom is -0.497 e. The Morgan fingerprint density at radius 1 is 1.04 bits per heavy atom. The molecule has 3 heterocycles. The first-order chi connectivity index (χ1) is 24.2. The molecule has 15 nitrogen and oxygen atoms in total. The first kappa shape index (κ1) is 34.1. The van der Waals surface area contributed by atoms with Crippen LogP contribution in [-0.4, -0.2) is 69.6 Å². The number of rotatable bonds is 12. The van der Waals surface area contributed by atoms with Gasteiger partial charge in [0, 0.05) is 10.8 Å². The van der Waals surface area contributed by atoms with Gasteiger partial charge in [-0.2, -0.15) is 4.98 Å². The number of anilines is 1. The molecule has 50 heavy (non-hydrogen) atoms. The molecule has 0 radical (unpaired) electrons. The average molecular weight is 681 g/mol. The fraction of sp³-hybridized carbons (Fsp3) is 0.314. The Labute approximate surface area is 286 Å². The number of nitrogens with one attached hydrogen (secondary N) is 2. The second-order valence-corrected chi connectivity index (χ2v) is 11.9. The molecule has 15 heteroatoms. The second kappa shape index (κ2) is 14.4. The molecule has 2 aromatic heterocycles. The van der Waals surface area contributed by atoms with Crippen LogP contribution >= 0.6 is 0 Å². The molecule has 1 aliphatic heterocycles. The van der Waals surface area contributed by atoms with Gasteiger partial charge in [-0.05, 0) is 46.5 Å². The summed E-state index contributed by atoms with van der Waals surface area (Å²) in [5.74, 6) is 0.502. The molecule has 6 rings (SSSR count). The SMILES string of the molecule is COc1ccc(C(OC[C@H]2OC(n3cnc4c(=O)[nH]c(NC(=O)C(C)C)nc43)[C@H](O)[C@@H]2N=[N+]=[N-])(c2ccccc2)c2ccc(OC)cc2)cc1. The summed E-state index contributed by atoms with van der Waals surface area (Å²) in [6, 6.07) is 23.5. The average Bonchev–Trinajstić information content (AvgIpc) is 3.70. The van der Waals surface area contributed by atoms with Crippen molar-refractivity contribution >= 4 is 23.0 Å². The van der Waals surface area contributed by atoms with Crippen LogP contribution in [0.25, 0.3) is 21.6 Å². The third-order valence-electron chi connectivity index (χ3n) is 8.63. The molecule has 4 atom stereocenters. The van der Waals surface area contributed by atoms with E-state index < -0.39 is 35.6 Å².